The first-order chi connectivity index (χ1) is 10.6. The van der Waals surface area contributed by atoms with Crippen molar-refractivity contribution in [2.45, 2.75) is 25.7 Å². The van der Waals surface area contributed by atoms with Gasteiger partial charge in [0, 0.05) is 37.9 Å². The molecule has 0 radical (unpaired) electrons. The van der Waals surface area contributed by atoms with Gasteiger partial charge in [0.25, 0.3) is 0 Å². The van der Waals surface area contributed by atoms with E-state index < -0.39 is 0 Å². The summed E-state index contributed by atoms with van der Waals surface area (Å²) < 4.78 is 0. The van der Waals surface area contributed by atoms with Gasteiger partial charge in [-0.1, -0.05) is 11.6 Å². The Balaban J connectivity index is 1.80. The summed E-state index contributed by atoms with van der Waals surface area (Å²) >= 11 is 6.10. The first kappa shape index (κ1) is 16.8. The third-order valence-corrected chi connectivity index (χ3v) is 4.72. The number of amides is 1. The van der Waals surface area contributed by atoms with Crippen molar-refractivity contribution in [3.63, 3.8) is 0 Å². The molecule has 1 amide bonds. The highest BCUT2D eigenvalue weighted by Crippen LogP contribution is 2.28. The second-order valence-corrected chi connectivity index (χ2v) is 6.39. The lowest BCUT2D eigenvalue weighted by atomic mass is 9.92. The lowest BCUT2D eigenvalue weighted by Gasteiger charge is -2.34. The zero-order valence-electron chi connectivity index (χ0n) is 13.0. The number of hydrogen-bond acceptors (Lipinski definition) is 3. The average Bonchev–Trinajstić information content (AvgIpc) is 2.55. The van der Waals surface area contributed by atoms with Crippen LogP contribution in [0, 0.1) is 5.92 Å². The van der Waals surface area contributed by atoms with Crippen molar-refractivity contribution in [3.05, 3.63) is 28.8 Å². The molecule has 2 rings (SSSR count). The van der Waals surface area contributed by atoms with Crippen LogP contribution in [0.2, 0.25) is 5.02 Å². The summed E-state index contributed by atoms with van der Waals surface area (Å²) in [6, 6.07) is 5.63. The van der Waals surface area contributed by atoms with E-state index in [0.29, 0.717) is 10.6 Å². The number of halogens is 1. The van der Waals surface area contributed by atoms with E-state index in [1.807, 2.05) is 19.2 Å². The van der Waals surface area contributed by atoms with Crippen LogP contribution in [0.15, 0.2) is 18.2 Å². The van der Waals surface area contributed by atoms with Crippen molar-refractivity contribution in [2.75, 3.05) is 31.6 Å². The van der Waals surface area contributed by atoms with Crippen LogP contribution in [-0.2, 0) is 4.79 Å². The largest absolute Gasteiger partial charge is 0.371 e. The predicted octanol–water partition coefficient (Wildman–Crippen LogP) is 3.24. The molecule has 1 aliphatic rings. The molecule has 22 heavy (non-hydrogen) atoms. The van der Waals surface area contributed by atoms with E-state index in [0.717, 1.165) is 63.2 Å². The average molecular weight is 323 g/mol. The van der Waals surface area contributed by atoms with Crippen LogP contribution in [0.5, 0.6) is 0 Å². The van der Waals surface area contributed by atoms with Gasteiger partial charge in [-0.15, -0.1) is 0 Å². The van der Waals surface area contributed by atoms with E-state index >= 15 is 0 Å². The zero-order chi connectivity index (χ0) is 15.9. The first-order valence-corrected chi connectivity index (χ1v) is 8.17. The highest BCUT2D eigenvalue weighted by atomic mass is 35.5. The number of rotatable bonds is 7. The Hall–Kier alpha value is -1.55. The lowest BCUT2D eigenvalue weighted by molar-refractivity contribution is -0.117. The van der Waals surface area contributed by atoms with Crippen molar-refractivity contribution in [2.24, 2.45) is 5.92 Å². The summed E-state index contributed by atoms with van der Waals surface area (Å²) in [7, 11) is 1.82. The molecule has 0 aromatic heterocycles. The number of anilines is 1. The minimum Gasteiger partial charge on any atom is -0.371 e. The van der Waals surface area contributed by atoms with Crippen LogP contribution in [0.3, 0.4) is 0 Å². The molecule has 5 heteroatoms. The SMILES string of the molecule is CN(C=O)CCCC1CCN(c2ccc(C=O)c(Cl)c2)CC1. The quantitative estimate of drug-likeness (QED) is 0.724. The standard InChI is InChI=1S/C17H23ClN2O2/c1-19(13-22)8-2-3-14-6-9-20(10-7-14)16-5-4-15(12-21)17(18)11-16/h4-5,11-14H,2-3,6-10H2,1H3. The molecule has 0 aliphatic carbocycles. The van der Waals surface area contributed by atoms with Gasteiger partial charge >= 0.3 is 0 Å². The number of benzene rings is 1. The van der Waals surface area contributed by atoms with Gasteiger partial charge in [0.15, 0.2) is 6.29 Å². The Morgan fingerprint density at radius 2 is 2.05 bits per heavy atom. The lowest BCUT2D eigenvalue weighted by Crippen LogP contribution is -2.33. The molecule has 0 unspecified atom stereocenters. The third-order valence-electron chi connectivity index (χ3n) is 4.39. The van der Waals surface area contributed by atoms with Gasteiger partial charge in [-0.3, -0.25) is 9.59 Å². The van der Waals surface area contributed by atoms with Crippen LogP contribution in [0.1, 0.15) is 36.0 Å². The van der Waals surface area contributed by atoms with Gasteiger partial charge in [0.05, 0.1) is 5.02 Å². The van der Waals surface area contributed by atoms with E-state index in [4.69, 9.17) is 11.6 Å². The monoisotopic (exact) mass is 322 g/mol. The number of carbonyl (C=O) groups is 2. The molecule has 0 spiro atoms. The molecular formula is C17H23ClN2O2. The number of piperidine rings is 1. The normalized spacial score (nSPS) is 15.6. The Morgan fingerprint density at radius 1 is 1.32 bits per heavy atom. The van der Waals surface area contributed by atoms with Crippen LogP contribution >= 0.6 is 11.6 Å². The Kier molecular flexibility index (Phi) is 6.25. The van der Waals surface area contributed by atoms with E-state index in [9.17, 15) is 9.59 Å². The molecule has 1 aliphatic heterocycles. The smallest absolute Gasteiger partial charge is 0.209 e. The fourth-order valence-electron chi connectivity index (χ4n) is 2.97. The molecule has 1 aromatic carbocycles. The van der Waals surface area contributed by atoms with Gasteiger partial charge in [-0.25, -0.2) is 0 Å². The molecule has 0 bridgehead atoms. The van der Waals surface area contributed by atoms with Crippen molar-refractivity contribution < 1.29 is 9.59 Å². The topological polar surface area (TPSA) is 40.6 Å². The first-order valence-electron chi connectivity index (χ1n) is 7.79. The molecular weight excluding hydrogens is 300 g/mol. The maximum atomic E-state index is 10.8. The molecule has 4 nitrogen and oxygen atoms in total. The highest BCUT2D eigenvalue weighted by molar-refractivity contribution is 6.33. The van der Waals surface area contributed by atoms with Gasteiger partial charge in [-0.2, -0.15) is 0 Å². The van der Waals surface area contributed by atoms with Crippen molar-refractivity contribution in [3.8, 4) is 0 Å². The van der Waals surface area contributed by atoms with Crippen molar-refractivity contribution >= 4 is 30.0 Å². The molecule has 1 aromatic rings. The number of aldehydes is 1. The van der Waals surface area contributed by atoms with Crippen molar-refractivity contribution in [1.29, 1.82) is 0 Å². The summed E-state index contributed by atoms with van der Waals surface area (Å²) in [4.78, 5) is 25.4. The molecule has 120 valence electrons. The number of nitrogens with zero attached hydrogens (tertiary/aromatic N) is 2. The molecule has 1 heterocycles. The fraction of sp³-hybridized carbons (Fsp3) is 0.529. The Morgan fingerprint density at radius 3 is 2.64 bits per heavy atom. The number of hydrogen-bond donors (Lipinski definition) is 0. The Bertz CT molecular complexity index is 513. The number of carbonyl (C=O) groups excluding carboxylic acids is 2. The minimum atomic E-state index is 0.520. The van der Waals surface area contributed by atoms with Gasteiger partial charge in [0.2, 0.25) is 6.41 Å². The molecule has 1 saturated heterocycles. The van der Waals surface area contributed by atoms with Crippen LogP contribution in [-0.4, -0.2) is 44.3 Å². The minimum absolute atomic E-state index is 0.520. The summed E-state index contributed by atoms with van der Waals surface area (Å²) in [5.41, 5.74) is 1.63. The van der Waals surface area contributed by atoms with Crippen LogP contribution in [0.4, 0.5) is 5.69 Å². The molecule has 1 fully saturated rings. The van der Waals surface area contributed by atoms with E-state index in [1.54, 1.807) is 11.0 Å². The summed E-state index contributed by atoms with van der Waals surface area (Å²) in [5, 5.41) is 0.520. The molecule has 0 N–H and O–H groups in total. The summed E-state index contributed by atoms with van der Waals surface area (Å²) in [5.74, 6) is 0.737. The zero-order valence-corrected chi connectivity index (χ0v) is 13.8. The third kappa shape index (κ3) is 4.47. The van der Waals surface area contributed by atoms with Gasteiger partial charge < -0.3 is 9.80 Å². The van der Waals surface area contributed by atoms with Gasteiger partial charge in [0.1, 0.15) is 0 Å². The Labute approximate surface area is 137 Å². The van der Waals surface area contributed by atoms with E-state index in [-0.39, 0.29) is 0 Å². The van der Waals surface area contributed by atoms with Gasteiger partial charge in [-0.05, 0) is 49.8 Å². The molecule has 0 saturated carbocycles. The van der Waals surface area contributed by atoms with Crippen LogP contribution in [0.25, 0.3) is 0 Å². The van der Waals surface area contributed by atoms with E-state index in [1.165, 1.54) is 6.42 Å². The van der Waals surface area contributed by atoms with Crippen LogP contribution < -0.4 is 4.90 Å². The fourth-order valence-corrected chi connectivity index (χ4v) is 3.19. The molecule has 0 atom stereocenters. The highest BCUT2D eigenvalue weighted by Gasteiger charge is 2.19. The maximum absolute atomic E-state index is 10.8. The predicted molar refractivity (Wildman–Crippen MR) is 89.7 cm³/mol. The second kappa shape index (κ2) is 8.18. The summed E-state index contributed by atoms with van der Waals surface area (Å²) in [6.45, 7) is 2.88. The maximum Gasteiger partial charge on any atom is 0.209 e. The van der Waals surface area contributed by atoms with Crippen molar-refractivity contribution in [1.82, 2.24) is 4.90 Å². The second-order valence-electron chi connectivity index (χ2n) is 5.98. The van der Waals surface area contributed by atoms with E-state index in [2.05, 4.69) is 4.90 Å². The summed E-state index contributed by atoms with van der Waals surface area (Å²) in [6.07, 6.45) is 6.25.